The number of benzene rings is 2. The van der Waals surface area contributed by atoms with Crippen LogP contribution in [0.2, 0.25) is 0 Å². The van der Waals surface area contributed by atoms with E-state index >= 15 is 0 Å². The monoisotopic (exact) mass is 389 g/mol. The van der Waals surface area contributed by atoms with Crippen molar-refractivity contribution < 1.29 is 14.4 Å². The number of nitrogens with zero attached hydrogens (tertiary/aromatic N) is 2. The molecule has 146 valence electrons. The second-order valence-electron chi connectivity index (χ2n) is 6.09. The van der Waals surface area contributed by atoms with E-state index in [-0.39, 0.29) is 23.8 Å². The van der Waals surface area contributed by atoms with Gasteiger partial charge in [0.15, 0.2) is 17.3 Å². The van der Waals surface area contributed by atoms with E-state index in [1.807, 2.05) is 6.07 Å². The molecule has 0 saturated heterocycles. The number of nitrogens with one attached hydrogen (secondary N) is 2. The summed E-state index contributed by atoms with van der Waals surface area (Å²) in [7, 11) is 1.46. The third kappa shape index (κ3) is 4.44. The van der Waals surface area contributed by atoms with Crippen LogP contribution in [0.25, 0.3) is 11.3 Å². The Hall–Kier alpha value is -4.07. The second-order valence-corrected chi connectivity index (χ2v) is 6.09. The number of anilines is 1. The van der Waals surface area contributed by atoms with Gasteiger partial charge in [-0.1, -0.05) is 48.5 Å². The van der Waals surface area contributed by atoms with Crippen molar-refractivity contribution in [2.24, 2.45) is 0 Å². The van der Waals surface area contributed by atoms with Crippen molar-refractivity contribution in [1.29, 1.82) is 0 Å². The van der Waals surface area contributed by atoms with E-state index in [9.17, 15) is 14.4 Å². The summed E-state index contributed by atoms with van der Waals surface area (Å²) in [5.74, 6) is -1.13. The molecule has 1 heterocycles. The predicted octanol–water partition coefficient (Wildman–Crippen LogP) is 1.70. The molecule has 2 aromatic carbocycles. The molecule has 0 atom stereocenters. The fraction of sp³-hybridized carbons (Fsp3) is 0.0952. The Balaban J connectivity index is 1.85. The second kappa shape index (κ2) is 8.75. The first kappa shape index (κ1) is 19.7. The summed E-state index contributed by atoms with van der Waals surface area (Å²) in [6, 6.07) is 15.4. The van der Waals surface area contributed by atoms with Gasteiger partial charge in [0, 0.05) is 23.7 Å². The van der Waals surface area contributed by atoms with E-state index in [1.165, 1.54) is 13.2 Å². The Morgan fingerprint density at radius 1 is 0.966 bits per heavy atom. The molecular formula is C21H19N5O3. The normalized spacial score (nSPS) is 10.2. The van der Waals surface area contributed by atoms with E-state index in [2.05, 4.69) is 20.6 Å². The first-order chi connectivity index (χ1) is 14.0. The van der Waals surface area contributed by atoms with Crippen LogP contribution in [-0.2, 0) is 0 Å². The maximum Gasteiger partial charge on any atom is 0.273 e. The number of hydrogen-bond donors (Lipinski definition) is 3. The summed E-state index contributed by atoms with van der Waals surface area (Å²) in [5, 5.41) is 5.07. The lowest BCUT2D eigenvalue weighted by Gasteiger charge is -2.11. The van der Waals surface area contributed by atoms with Crippen molar-refractivity contribution in [3.8, 4) is 11.3 Å². The lowest BCUT2D eigenvalue weighted by molar-refractivity contribution is 0.0904. The fourth-order valence-electron chi connectivity index (χ4n) is 2.70. The number of Topliss-reactive ketones (excluding diaryl/α,β-unsaturated/α-hetero) is 1. The smallest absolute Gasteiger partial charge is 0.273 e. The number of nitrogen functional groups attached to an aromatic ring is 1. The highest BCUT2D eigenvalue weighted by Crippen LogP contribution is 2.23. The average molecular weight is 389 g/mol. The third-order valence-corrected chi connectivity index (χ3v) is 4.20. The van der Waals surface area contributed by atoms with Gasteiger partial charge in [-0.3, -0.25) is 14.4 Å². The third-order valence-electron chi connectivity index (χ3n) is 4.20. The van der Waals surface area contributed by atoms with E-state index in [1.54, 1.807) is 48.5 Å². The van der Waals surface area contributed by atoms with E-state index in [0.29, 0.717) is 22.4 Å². The van der Waals surface area contributed by atoms with Crippen LogP contribution in [0.5, 0.6) is 0 Å². The maximum absolute atomic E-state index is 12.7. The number of amides is 2. The molecule has 3 aromatic rings. The molecule has 0 bridgehead atoms. The highest BCUT2D eigenvalue weighted by Gasteiger charge is 2.18. The highest BCUT2D eigenvalue weighted by molar-refractivity contribution is 6.05. The summed E-state index contributed by atoms with van der Waals surface area (Å²) in [4.78, 5) is 45.1. The van der Waals surface area contributed by atoms with Gasteiger partial charge in [0.05, 0.1) is 18.4 Å². The molecule has 4 N–H and O–H groups in total. The number of carbonyl (C=O) groups excluding carboxylic acids is 3. The van der Waals surface area contributed by atoms with Crippen LogP contribution >= 0.6 is 0 Å². The van der Waals surface area contributed by atoms with Crippen LogP contribution in [0, 0.1) is 0 Å². The van der Waals surface area contributed by atoms with Gasteiger partial charge in [-0.15, -0.1) is 0 Å². The number of aromatic nitrogens is 2. The molecule has 29 heavy (non-hydrogen) atoms. The number of carbonyl (C=O) groups is 3. The summed E-state index contributed by atoms with van der Waals surface area (Å²) in [5.41, 5.74) is 7.30. The number of nitrogens with two attached hydrogens (primary N) is 1. The Labute approximate surface area is 167 Å². The van der Waals surface area contributed by atoms with Crippen LogP contribution < -0.4 is 16.4 Å². The molecule has 0 fully saturated rings. The molecule has 3 rings (SSSR count). The first-order valence-corrected chi connectivity index (χ1v) is 8.81. The van der Waals surface area contributed by atoms with Gasteiger partial charge in [0.25, 0.3) is 11.8 Å². The molecule has 0 aliphatic carbocycles. The molecule has 8 heteroatoms. The topological polar surface area (TPSA) is 127 Å². The molecule has 0 radical (unpaired) electrons. The Morgan fingerprint density at radius 3 is 2.38 bits per heavy atom. The molecular weight excluding hydrogens is 370 g/mol. The summed E-state index contributed by atoms with van der Waals surface area (Å²) in [6.07, 6.45) is 1.39. The van der Waals surface area contributed by atoms with Crippen LogP contribution in [0.15, 0.2) is 60.8 Å². The largest absolute Gasteiger partial charge is 0.382 e. The Bertz CT molecular complexity index is 1070. The van der Waals surface area contributed by atoms with Gasteiger partial charge in [-0.25, -0.2) is 9.97 Å². The summed E-state index contributed by atoms with van der Waals surface area (Å²) >= 11 is 0. The van der Waals surface area contributed by atoms with Crippen molar-refractivity contribution in [3.05, 3.63) is 77.6 Å². The fourth-order valence-corrected chi connectivity index (χ4v) is 2.70. The number of hydrogen-bond acceptors (Lipinski definition) is 6. The molecule has 0 aliphatic rings. The van der Waals surface area contributed by atoms with Gasteiger partial charge in [-0.2, -0.15) is 0 Å². The van der Waals surface area contributed by atoms with Crippen molar-refractivity contribution in [2.45, 2.75) is 0 Å². The number of ketones is 1. The molecule has 1 aromatic heterocycles. The van der Waals surface area contributed by atoms with Crippen molar-refractivity contribution in [1.82, 2.24) is 20.6 Å². The minimum Gasteiger partial charge on any atom is -0.382 e. The lowest BCUT2D eigenvalue weighted by Crippen LogP contribution is -2.30. The van der Waals surface area contributed by atoms with Crippen LogP contribution in [0.3, 0.4) is 0 Å². The molecule has 0 saturated carbocycles. The van der Waals surface area contributed by atoms with Gasteiger partial charge in [0.1, 0.15) is 0 Å². The van der Waals surface area contributed by atoms with E-state index < -0.39 is 11.8 Å². The summed E-state index contributed by atoms with van der Waals surface area (Å²) < 4.78 is 0. The molecule has 0 spiro atoms. The highest BCUT2D eigenvalue weighted by atomic mass is 16.2. The van der Waals surface area contributed by atoms with Gasteiger partial charge < -0.3 is 16.4 Å². The van der Waals surface area contributed by atoms with Crippen molar-refractivity contribution in [3.63, 3.8) is 0 Å². The minimum atomic E-state index is -0.479. The predicted molar refractivity (Wildman–Crippen MR) is 108 cm³/mol. The van der Waals surface area contributed by atoms with Crippen molar-refractivity contribution >= 4 is 23.4 Å². The Morgan fingerprint density at radius 2 is 1.66 bits per heavy atom. The lowest BCUT2D eigenvalue weighted by atomic mass is 10.0. The van der Waals surface area contributed by atoms with Gasteiger partial charge in [-0.05, 0) is 6.07 Å². The first-order valence-electron chi connectivity index (χ1n) is 8.81. The Kier molecular flexibility index (Phi) is 5.94. The summed E-state index contributed by atoms with van der Waals surface area (Å²) in [6.45, 7) is -0.145. The zero-order valence-electron chi connectivity index (χ0n) is 15.7. The standard InChI is InChI=1S/C21H19N5O3/c1-23-21(29)18-19(22)24-11-16(26-18)14-9-5-6-10-15(14)20(28)25-12-17(27)13-7-3-2-4-8-13/h2-11H,12H2,1H3,(H2,22,24)(H,23,29)(H,25,28). The van der Waals surface area contributed by atoms with Gasteiger partial charge >= 0.3 is 0 Å². The zero-order valence-corrected chi connectivity index (χ0v) is 15.7. The zero-order chi connectivity index (χ0) is 20.8. The molecule has 0 unspecified atom stereocenters. The molecule has 8 nitrogen and oxygen atoms in total. The van der Waals surface area contributed by atoms with Crippen molar-refractivity contribution in [2.75, 3.05) is 19.3 Å². The SMILES string of the molecule is CNC(=O)c1nc(-c2ccccc2C(=O)NCC(=O)c2ccccc2)cnc1N. The van der Waals surface area contributed by atoms with E-state index in [4.69, 9.17) is 5.73 Å². The minimum absolute atomic E-state index is 0.0107. The average Bonchev–Trinajstić information content (AvgIpc) is 2.77. The maximum atomic E-state index is 12.7. The van der Waals surface area contributed by atoms with Gasteiger partial charge in [0.2, 0.25) is 0 Å². The van der Waals surface area contributed by atoms with Crippen LogP contribution in [0.4, 0.5) is 5.82 Å². The van der Waals surface area contributed by atoms with Crippen LogP contribution in [-0.4, -0.2) is 41.2 Å². The number of rotatable bonds is 6. The van der Waals surface area contributed by atoms with E-state index in [0.717, 1.165) is 0 Å². The quantitative estimate of drug-likeness (QED) is 0.551. The van der Waals surface area contributed by atoms with Crippen LogP contribution in [0.1, 0.15) is 31.2 Å². The molecule has 0 aliphatic heterocycles. The molecule has 2 amide bonds.